The number of unbranched alkanes of at least 4 members (excludes halogenated alkanes) is 9. The third-order valence-electron chi connectivity index (χ3n) is 5.66. The van der Waals surface area contributed by atoms with E-state index in [0.717, 1.165) is 19.3 Å². The SMILES string of the molecule is CCCCCCCCCCCCC(OC(=O)Nc1ccccc1)C1=C(C)C(=O)OC1O. The second-order valence-electron chi connectivity index (χ2n) is 8.19. The molecule has 0 aliphatic carbocycles. The molecule has 6 nitrogen and oxygen atoms in total. The largest absolute Gasteiger partial charge is 0.441 e. The molecule has 1 aromatic rings. The molecule has 0 fully saturated rings. The lowest BCUT2D eigenvalue weighted by molar-refractivity contribution is -0.152. The van der Waals surface area contributed by atoms with Gasteiger partial charge in [0.15, 0.2) is 0 Å². The smallest absolute Gasteiger partial charge is 0.412 e. The molecule has 2 atom stereocenters. The highest BCUT2D eigenvalue weighted by molar-refractivity contribution is 5.92. The molecule has 2 unspecified atom stereocenters. The maximum atomic E-state index is 12.4. The van der Waals surface area contributed by atoms with Crippen LogP contribution in [0.5, 0.6) is 0 Å². The van der Waals surface area contributed by atoms with E-state index in [0.29, 0.717) is 23.3 Å². The van der Waals surface area contributed by atoms with Gasteiger partial charge in [-0.05, 0) is 31.9 Å². The minimum atomic E-state index is -1.36. The topological polar surface area (TPSA) is 84.9 Å². The Labute approximate surface area is 186 Å². The highest BCUT2D eigenvalue weighted by Crippen LogP contribution is 2.29. The maximum absolute atomic E-state index is 12.4. The average Bonchev–Trinajstić information content (AvgIpc) is 3.00. The van der Waals surface area contributed by atoms with Crippen LogP contribution < -0.4 is 5.32 Å². The Balaban J connectivity index is 1.82. The Hall–Kier alpha value is -2.34. The number of anilines is 1. The molecule has 0 saturated carbocycles. The fourth-order valence-electron chi connectivity index (χ4n) is 3.85. The molecule has 1 aromatic carbocycles. The molecular formula is C25H37NO5. The number of aliphatic hydroxyl groups is 1. The van der Waals surface area contributed by atoms with E-state index in [9.17, 15) is 14.7 Å². The third-order valence-corrected chi connectivity index (χ3v) is 5.66. The predicted octanol–water partition coefficient (Wildman–Crippen LogP) is 6.11. The summed E-state index contributed by atoms with van der Waals surface area (Å²) in [5, 5.41) is 12.8. The van der Waals surface area contributed by atoms with Crippen LogP contribution >= 0.6 is 0 Å². The Morgan fingerprint density at radius 2 is 1.61 bits per heavy atom. The van der Waals surface area contributed by atoms with Gasteiger partial charge >= 0.3 is 12.1 Å². The maximum Gasteiger partial charge on any atom is 0.412 e. The normalized spacial score (nSPS) is 16.9. The van der Waals surface area contributed by atoms with Gasteiger partial charge in [-0.3, -0.25) is 5.32 Å². The standard InChI is InChI=1S/C25H37NO5/c1-3-4-5-6-7-8-9-10-11-15-18-21(22-19(2)23(27)31-24(22)28)30-25(29)26-20-16-13-12-14-17-20/h12-14,16-17,21,24,28H,3-11,15,18H2,1-2H3,(H,26,29). The molecule has 2 N–H and O–H groups in total. The van der Waals surface area contributed by atoms with Crippen molar-refractivity contribution in [2.75, 3.05) is 5.32 Å². The van der Waals surface area contributed by atoms with E-state index in [1.807, 2.05) is 18.2 Å². The van der Waals surface area contributed by atoms with E-state index >= 15 is 0 Å². The lowest BCUT2D eigenvalue weighted by Gasteiger charge is -2.21. The van der Waals surface area contributed by atoms with Gasteiger partial charge in [-0.25, -0.2) is 9.59 Å². The van der Waals surface area contributed by atoms with Crippen molar-refractivity contribution >= 4 is 17.7 Å². The quantitative estimate of drug-likeness (QED) is 0.274. The molecule has 0 aromatic heterocycles. The summed E-state index contributed by atoms with van der Waals surface area (Å²) in [4.78, 5) is 24.2. The number of rotatable bonds is 14. The number of esters is 1. The minimum Gasteiger partial charge on any atom is -0.441 e. The summed E-state index contributed by atoms with van der Waals surface area (Å²) >= 11 is 0. The van der Waals surface area contributed by atoms with Crippen molar-refractivity contribution < 1.29 is 24.2 Å². The monoisotopic (exact) mass is 431 g/mol. The molecular weight excluding hydrogens is 394 g/mol. The molecule has 1 aliphatic rings. The van der Waals surface area contributed by atoms with Gasteiger partial charge in [-0.1, -0.05) is 82.9 Å². The van der Waals surface area contributed by atoms with Crippen LogP contribution in [0.4, 0.5) is 10.5 Å². The number of aliphatic hydroxyl groups excluding tert-OH is 1. The minimum absolute atomic E-state index is 0.317. The second kappa shape index (κ2) is 13.9. The van der Waals surface area contributed by atoms with Crippen molar-refractivity contribution in [3.63, 3.8) is 0 Å². The first-order valence-corrected chi connectivity index (χ1v) is 11.6. The van der Waals surface area contributed by atoms with Crippen LogP contribution in [0.15, 0.2) is 41.5 Å². The molecule has 0 radical (unpaired) electrons. The first-order chi connectivity index (χ1) is 15.0. The van der Waals surface area contributed by atoms with Crippen LogP contribution in [0.25, 0.3) is 0 Å². The molecule has 1 heterocycles. The van der Waals surface area contributed by atoms with Crippen molar-refractivity contribution in [2.24, 2.45) is 0 Å². The number of cyclic esters (lactones) is 1. The van der Waals surface area contributed by atoms with Crippen LogP contribution in [0.1, 0.15) is 84.5 Å². The van der Waals surface area contributed by atoms with Gasteiger partial charge < -0.3 is 14.6 Å². The van der Waals surface area contributed by atoms with Gasteiger partial charge in [0.2, 0.25) is 6.29 Å². The van der Waals surface area contributed by atoms with E-state index in [4.69, 9.17) is 9.47 Å². The summed E-state index contributed by atoms with van der Waals surface area (Å²) in [7, 11) is 0. The van der Waals surface area contributed by atoms with Crippen LogP contribution in [-0.2, 0) is 14.3 Å². The number of hydrogen-bond acceptors (Lipinski definition) is 5. The lowest BCUT2D eigenvalue weighted by Crippen LogP contribution is -2.28. The molecule has 172 valence electrons. The van der Waals surface area contributed by atoms with Gasteiger partial charge in [0.1, 0.15) is 6.10 Å². The number of ether oxygens (including phenoxy) is 2. The Kier molecular flexibility index (Phi) is 11.1. The highest BCUT2D eigenvalue weighted by atomic mass is 16.6. The van der Waals surface area contributed by atoms with E-state index in [1.165, 1.54) is 44.9 Å². The number of nitrogens with one attached hydrogen (secondary N) is 1. The summed E-state index contributed by atoms with van der Waals surface area (Å²) in [6.07, 6.45) is 9.88. The van der Waals surface area contributed by atoms with Crippen LogP contribution in [0.3, 0.4) is 0 Å². The molecule has 2 rings (SSSR count). The zero-order valence-corrected chi connectivity index (χ0v) is 18.9. The second-order valence-corrected chi connectivity index (χ2v) is 8.19. The van der Waals surface area contributed by atoms with Crippen molar-refractivity contribution in [2.45, 2.75) is 96.9 Å². The van der Waals surface area contributed by atoms with E-state index in [-0.39, 0.29) is 0 Å². The number of amides is 1. The van der Waals surface area contributed by atoms with E-state index < -0.39 is 24.5 Å². The van der Waals surface area contributed by atoms with Gasteiger partial charge in [-0.15, -0.1) is 0 Å². The Morgan fingerprint density at radius 1 is 1.03 bits per heavy atom. The first-order valence-electron chi connectivity index (χ1n) is 11.6. The predicted molar refractivity (Wildman–Crippen MR) is 122 cm³/mol. The number of carbonyl (C=O) groups excluding carboxylic acids is 2. The fourth-order valence-corrected chi connectivity index (χ4v) is 3.85. The third kappa shape index (κ3) is 8.74. The fraction of sp³-hybridized carbons (Fsp3) is 0.600. The molecule has 31 heavy (non-hydrogen) atoms. The van der Waals surface area contributed by atoms with Crippen molar-refractivity contribution in [3.05, 3.63) is 41.5 Å². The highest BCUT2D eigenvalue weighted by Gasteiger charge is 2.36. The Bertz CT molecular complexity index is 716. The molecule has 1 aliphatic heterocycles. The van der Waals surface area contributed by atoms with Crippen molar-refractivity contribution in [3.8, 4) is 0 Å². The number of para-hydroxylation sites is 1. The zero-order chi connectivity index (χ0) is 22.5. The van der Waals surface area contributed by atoms with Crippen molar-refractivity contribution in [1.82, 2.24) is 0 Å². The van der Waals surface area contributed by atoms with Crippen LogP contribution in [0.2, 0.25) is 0 Å². The summed E-state index contributed by atoms with van der Waals surface area (Å²) in [5.41, 5.74) is 1.29. The van der Waals surface area contributed by atoms with Crippen molar-refractivity contribution in [1.29, 1.82) is 0 Å². The van der Waals surface area contributed by atoms with Gasteiger partial charge in [0, 0.05) is 16.8 Å². The molecule has 1 amide bonds. The molecule has 0 bridgehead atoms. The number of benzene rings is 1. The zero-order valence-electron chi connectivity index (χ0n) is 18.9. The number of hydrogen-bond donors (Lipinski definition) is 2. The van der Waals surface area contributed by atoms with Gasteiger partial charge in [0.25, 0.3) is 0 Å². The Morgan fingerprint density at radius 3 is 2.16 bits per heavy atom. The molecule has 6 heteroatoms. The lowest BCUT2D eigenvalue weighted by atomic mass is 9.98. The summed E-state index contributed by atoms with van der Waals surface area (Å²) in [5.74, 6) is -0.567. The van der Waals surface area contributed by atoms with Crippen LogP contribution in [-0.4, -0.2) is 29.6 Å². The summed E-state index contributed by atoms with van der Waals surface area (Å²) in [6, 6.07) is 9.02. The van der Waals surface area contributed by atoms with Gasteiger partial charge in [0.05, 0.1) is 0 Å². The molecule has 0 spiro atoms. The van der Waals surface area contributed by atoms with E-state index in [2.05, 4.69) is 12.2 Å². The van der Waals surface area contributed by atoms with Crippen LogP contribution in [0, 0.1) is 0 Å². The first kappa shape index (κ1) is 24.9. The molecule has 0 saturated heterocycles. The summed E-state index contributed by atoms with van der Waals surface area (Å²) in [6.45, 7) is 3.82. The van der Waals surface area contributed by atoms with Gasteiger partial charge in [-0.2, -0.15) is 0 Å². The average molecular weight is 432 g/mol. The van der Waals surface area contributed by atoms with E-state index in [1.54, 1.807) is 19.1 Å². The summed E-state index contributed by atoms with van der Waals surface area (Å²) < 4.78 is 10.5. The number of carbonyl (C=O) groups is 2.